The highest BCUT2D eigenvalue weighted by molar-refractivity contribution is 5.71. The maximum atomic E-state index is 11.8. The van der Waals surface area contributed by atoms with Gasteiger partial charge in [-0.3, -0.25) is 4.79 Å². The summed E-state index contributed by atoms with van der Waals surface area (Å²) in [6.45, 7) is 6.97. The third-order valence-corrected chi connectivity index (χ3v) is 3.07. The zero-order valence-electron chi connectivity index (χ0n) is 12.2. The van der Waals surface area contributed by atoms with Gasteiger partial charge in [-0.05, 0) is 26.5 Å². The van der Waals surface area contributed by atoms with Gasteiger partial charge >= 0.3 is 5.97 Å². The molecule has 1 atom stereocenters. The first kappa shape index (κ1) is 15.5. The van der Waals surface area contributed by atoms with E-state index in [4.69, 9.17) is 9.47 Å². The standard InChI is InChI=1S/C15H23NO3/c1-5-16-15(3,11-14(17)19-6-2)12-9-7-8-10-13(12)18-4/h7-10,16H,5-6,11H2,1-4H3. The van der Waals surface area contributed by atoms with Crippen LogP contribution in [0.4, 0.5) is 0 Å². The lowest BCUT2D eigenvalue weighted by molar-refractivity contribution is -0.144. The Labute approximate surface area is 115 Å². The largest absolute Gasteiger partial charge is 0.496 e. The molecule has 0 amide bonds. The number of hydrogen-bond acceptors (Lipinski definition) is 4. The highest BCUT2D eigenvalue weighted by atomic mass is 16.5. The van der Waals surface area contributed by atoms with Gasteiger partial charge in [-0.25, -0.2) is 0 Å². The fourth-order valence-corrected chi connectivity index (χ4v) is 2.24. The molecular formula is C15H23NO3. The Morgan fingerprint density at radius 1 is 1.32 bits per heavy atom. The molecule has 0 aliphatic rings. The molecule has 0 bridgehead atoms. The molecule has 106 valence electrons. The molecule has 1 rings (SSSR count). The van der Waals surface area contributed by atoms with Crippen molar-refractivity contribution < 1.29 is 14.3 Å². The van der Waals surface area contributed by atoms with E-state index in [1.165, 1.54) is 0 Å². The normalized spacial score (nSPS) is 13.7. The van der Waals surface area contributed by atoms with E-state index in [1.807, 2.05) is 45.0 Å². The van der Waals surface area contributed by atoms with Crippen molar-refractivity contribution in [3.05, 3.63) is 29.8 Å². The van der Waals surface area contributed by atoms with Gasteiger partial charge in [0.25, 0.3) is 0 Å². The molecule has 19 heavy (non-hydrogen) atoms. The number of methoxy groups -OCH3 is 1. The van der Waals surface area contributed by atoms with Crippen LogP contribution in [0.3, 0.4) is 0 Å². The average molecular weight is 265 g/mol. The van der Waals surface area contributed by atoms with E-state index in [9.17, 15) is 4.79 Å². The summed E-state index contributed by atoms with van der Waals surface area (Å²) in [4.78, 5) is 11.8. The molecule has 0 heterocycles. The van der Waals surface area contributed by atoms with Crippen LogP contribution < -0.4 is 10.1 Å². The second-order valence-electron chi connectivity index (χ2n) is 4.54. The number of esters is 1. The van der Waals surface area contributed by atoms with Crippen molar-refractivity contribution in [3.63, 3.8) is 0 Å². The van der Waals surface area contributed by atoms with Crippen LogP contribution in [0.2, 0.25) is 0 Å². The Bertz CT molecular complexity index is 420. The van der Waals surface area contributed by atoms with Crippen molar-refractivity contribution in [1.82, 2.24) is 5.32 Å². The van der Waals surface area contributed by atoms with Crippen LogP contribution in [0.5, 0.6) is 5.75 Å². The predicted molar refractivity (Wildman–Crippen MR) is 75.3 cm³/mol. The first-order chi connectivity index (χ1) is 9.07. The minimum absolute atomic E-state index is 0.211. The summed E-state index contributed by atoms with van der Waals surface area (Å²) in [5.41, 5.74) is 0.473. The molecule has 1 aromatic carbocycles. The van der Waals surface area contributed by atoms with E-state index < -0.39 is 5.54 Å². The Kier molecular flexibility index (Phi) is 5.83. The molecule has 0 aliphatic carbocycles. The van der Waals surface area contributed by atoms with Crippen LogP contribution >= 0.6 is 0 Å². The third-order valence-electron chi connectivity index (χ3n) is 3.07. The van der Waals surface area contributed by atoms with Crippen LogP contribution in [-0.2, 0) is 15.1 Å². The molecule has 4 nitrogen and oxygen atoms in total. The fraction of sp³-hybridized carbons (Fsp3) is 0.533. The number of ether oxygens (including phenoxy) is 2. The first-order valence-corrected chi connectivity index (χ1v) is 6.61. The molecule has 1 aromatic rings. The molecule has 1 unspecified atom stereocenters. The van der Waals surface area contributed by atoms with E-state index in [1.54, 1.807) is 7.11 Å². The maximum absolute atomic E-state index is 11.8. The number of rotatable bonds is 7. The third kappa shape index (κ3) is 3.96. The Hall–Kier alpha value is -1.55. The summed E-state index contributed by atoms with van der Waals surface area (Å²) in [6, 6.07) is 7.73. The average Bonchev–Trinajstić information content (AvgIpc) is 2.39. The van der Waals surface area contributed by atoms with E-state index >= 15 is 0 Å². The number of nitrogens with one attached hydrogen (secondary N) is 1. The summed E-state index contributed by atoms with van der Waals surface area (Å²) in [7, 11) is 1.63. The zero-order valence-corrected chi connectivity index (χ0v) is 12.2. The predicted octanol–water partition coefficient (Wildman–Crippen LogP) is 2.47. The van der Waals surface area contributed by atoms with Crippen LogP contribution in [0, 0.1) is 0 Å². The van der Waals surface area contributed by atoms with Crippen LogP contribution in [0.25, 0.3) is 0 Å². The molecular weight excluding hydrogens is 242 g/mol. The second kappa shape index (κ2) is 7.14. The van der Waals surface area contributed by atoms with Crippen LogP contribution in [-0.4, -0.2) is 26.2 Å². The molecule has 4 heteroatoms. The minimum Gasteiger partial charge on any atom is -0.496 e. The summed E-state index contributed by atoms with van der Waals surface area (Å²) in [6.07, 6.45) is 0.273. The number of carbonyl (C=O) groups is 1. The van der Waals surface area contributed by atoms with Gasteiger partial charge < -0.3 is 14.8 Å². The smallest absolute Gasteiger partial charge is 0.307 e. The summed E-state index contributed by atoms with van der Waals surface area (Å²) >= 11 is 0. The molecule has 0 saturated heterocycles. The van der Waals surface area contributed by atoms with Crippen molar-refractivity contribution in [2.75, 3.05) is 20.3 Å². The van der Waals surface area contributed by atoms with Gasteiger partial charge in [0, 0.05) is 5.56 Å². The van der Waals surface area contributed by atoms with Crippen LogP contribution in [0.1, 0.15) is 32.8 Å². The molecule has 0 aromatic heterocycles. The van der Waals surface area contributed by atoms with Crippen molar-refractivity contribution in [2.45, 2.75) is 32.7 Å². The van der Waals surface area contributed by atoms with E-state index in [0.717, 1.165) is 17.9 Å². The van der Waals surface area contributed by atoms with Crippen molar-refractivity contribution >= 4 is 5.97 Å². The van der Waals surface area contributed by atoms with E-state index in [2.05, 4.69) is 5.32 Å². The molecule has 0 spiro atoms. The van der Waals surface area contributed by atoms with Gasteiger partial charge in [-0.2, -0.15) is 0 Å². The number of benzene rings is 1. The van der Waals surface area contributed by atoms with Gasteiger partial charge in [0.2, 0.25) is 0 Å². The first-order valence-electron chi connectivity index (χ1n) is 6.61. The summed E-state index contributed by atoms with van der Waals surface area (Å²) in [5.74, 6) is 0.562. The Morgan fingerprint density at radius 2 is 2.00 bits per heavy atom. The van der Waals surface area contributed by atoms with E-state index in [0.29, 0.717) is 6.61 Å². The fourth-order valence-electron chi connectivity index (χ4n) is 2.24. The number of carbonyl (C=O) groups excluding carboxylic acids is 1. The molecule has 0 radical (unpaired) electrons. The lowest BCUT2D eigenvalue weighted by atomic mass is 9.87. The van der Waals surface area contributed by atoms with Gasteiger partial charge in [0.15, 0.2) is 0 Å². The van der Waals surface area contributed by atoms with Crippen LogP contribution in [0.15, 0.2) is 24.3 Å². The minimum atomic E-state index is -0.492. The molecule has 0 aliphatic heterocycles. The van der Waals surface area contributed by atoms with Gasteiger partial charge in [0.1, 0.15) is 5.75 Å². The maximum Gasteiger partial charge on any atom is 0.307 e. The lowest BCUT2D eigenvalue weighted by Gasteiger charge is -2.31. The topological polar surface area (TPSA) is 47.6 Å². The molecule has 0 saturated carbocycles. The Morgan fingerprint density at radius 3 is 2.58 bits per heavy atom. The van der Waals surface area contributed by atoms with Crippen molar-refractivity contribution in [1.29, 1.82) is 0 Å². The summed E-state index contributed by atoms with van der Waals surface area (Å²) in [5, 5.41) is 3.36. The van der Waals surface area contributed by atoms with Gasteiger partial charge in [-0.15, -0.1) is 0 Å². The van der Waals surface area contributed by atoms with Gasteiger partial charge in [-0.1, -0.05) is 25.1 Å². The number of hydrogen-bond donors (Lipinski definition) is 1. The van der Waals surface area contributed by atoms with Crippen molar-refractivity contribution in [2.24, 2.45) is 0 Å². The second-order valence-corrected chi connectivity index (χ2v) is 4.54. The zero-order chi connectivity index (χ0) is 14.3. The molecule has 1 N–H and O–H groups in total. The highest BCUT2D eigenvalue weighted by Crippen LogP contribution is 2.32. The van der Waals surface area contributed by atoms with Gasteiger partial charge in [0.05, 0.1) is 25.7 Å². The van der Waals surface area contributed by atoms with Crippen molar-refractivity contribution in [3.8, 4) is 5.75 Å². The van der Waals surface area contributed by atoms with E-state index in [-0.39, 0.29) is 12.4 Å². The summed E-state index contributed by atoms with van der Waals surface area (Å²) < 4.78 is 10.4. The Balaban J connectivity index is 3.06. The monoisotopic (exact) mass is 265 g/mol. The molecule has 0 fully saturated rings. The highest BCUT2D eigenvalue weighted by Gasteiger charge is 2.31. The number of para-hydroxylation sites is 1. The lowest BCUT2D eigenvalue weighted by Crippen LogP contribution is -2.42. The quantitative estimate of drug-likeness (QED) is 0.769. The SMILES string of the molecule is CCNC(C)(CC(=O)OCC)c1ccccc1OC.